The van der Waals surface area contributed by atoms with Crippen LogP contribution in [0.4, 0.5) is 0 Å². The second-order valence-corrected chi connectivity index (χ2v) is 8.52. The number of phenols is 2. The van der Waals surface area contributed by atoms with E-state index in [0.29, 0.717) is 0 Å². The number of methoxy groups -OCH3 is 1. The summed E-state index contributed by atoms with van der Waals surface area (Å²) in [4.78, 5) is 66.1. The fourth-order valence-electron chi connectivity index (χ4n) is 4.13. The number of Topliss-reactive ketones (excluding diaryl/α,β-unsaturated/α-hetero) is 1. The molecule has 0 spiro atoms. The van der Waals surface area contributed by atoms with Crippen LogP contribution in [0.1, 0.15) is 69.8 Å². The fourth-order valence-corrected chi connectivity index (χ4v) is 4.13. The summed E-state index contributed by atoms with van der Waals surface area (Å²) in [6.07, 6.45) is 0. The van der Waals surface area contributed by atoms with Crippen molar-refractivity contribution in [2.75, 3.05) is 7.11 Å². The molecular weight excluding hydrogens is 516 g/mol. The normalized spacial score (nSPS) is 10.4. The average Bonchev–Trinajstić information content (AvgIpc) is 2.99. The molecule has 0 aromatic heterocycles. The Labute approximate surface area is 228 Å². The third-order valence-corrected chi connectivity index (χ3v) is 6.04. The van der Waals surface area contributed by atoms with E-state index >= 15 is 0 Å². The maximum absolute atomic E-state index is 14.1. The lowest BCUT2D eigenvalue weighted by molar-refractivity contribution is 0.0589. The predicted octanol–water partition coefficient (Wildman–Crippen LogP) is 4.77. The Morgan fingerprint density at radius 1 is 0.575 bits per heavy atom. The number of rotatable bonds is 8. The van der Waals surface area contributed by atoms with Crippen molar-refractivity contribution in [3.8, 4) is 17.2 Å². The molecule has 0 atom stereocenters. The number of ether oxygens (including phenoxy) is 2. The molecule has 2 N–H and O–H groups in total. The van der Waals surface area contributed by atoms with Crippen LogP contribution in [0.15, 0.2) is 84.9 Å². The molecule has 0 unspecified atom stereocenters. The SMILES string of the molecule is COC(=O)c1c(C(=O)c2ccccc2)c(O)c(O)c(OC(=O)c2ccccc2)c1C(=O)c1ccccc1C(C)=O. The molecule has 4 aromatic rings. The third kappa shape index (κ3) is 5.08. The van der Waals surface area contributed by atoms with E-state index in [1.165, 1.54) is 67.6 Å². The van der Waals surface area contributed by atoms with Gasteiger partial charge in [0.25, 0.3) is 0 Å². The van der Waals surface area contributed by atoms with Crippen molar-refractivity contribution < 1.29 is 43.7 Å². The maximum Gasteiger partial charge on any atom is 0.343 e. The summed E-state index contributed by atoms with van der Waals surface area (Å²) < 4.78 is 10.3. The standard InChI is InChI=1S/C31H22O9/c1-17(32)20-15-9-10-16-21(20)26(34)24-22(31(38)39-2)23(25(33)18-11-5-3-6-12-18)27(35)28(36)29(24)40-30(37)19-13-7-4-8-14-19/h3-16,35-36H,1-2H3. The highest BCUT2D eigenvalue weighted by molar-refractivity contribution is 6.25. The van der Waals surface area contributed by atoms with Crippen molar-refractivity contribution in [1.29, 1.82) is 0 Å². The van der Waals surface area contributed by atoms with Crippen LogP contribution < -0.4 is 4.74 Å². The van der Waals surface area contributed by atoms with Gasteiger partial charge in [-0.2, -0.15) is 0 Å². The van der Waals surface area contributed by atoms with E-state index in [-0.39, 0.29) is 22.3 Å². The lowest BCUT2D eigenvalue weighted by Crippen LogP contribution is -2.22. The van der Waals surface area contributed by atoms with Gasteiger partial charge in [-0.3, -0.25) is 14.4 Å². The van der Waals surface area contributed by atoms with Crippen molar-refractivity contribution in [2.24, 2.45) is 0 Å². The molecule has 0 fully saturated rings. The van der Waals surface area contributed by atoms with Gasteiger partial charge >= 0.3 is 11.9 Å². The highest BCUT2D eigenvalue weighted by Gasteiger charge is 2.38. The molecule has 0 amide bonds. The zero-order chi connectivity index (χ0) is 29.0. The first-order chi connectivity index (χ1) is 19.2. The molecule has 40 heavy (non-hydrogen) atoms. The summed E-state index contributed by atoms with van der Waals surface area (Å²) in [6.45, 7) is 1.22. The molecule has 0 saturated heterocycles. The topological polar surface area (TPSA) is 144 Å². The average molecular weight is 539 g/mol. The summed E-state index contributed by atoms with van der Waals surface area (Å²) in [5.41, 5.74) is -2.47. The molecule has 9 heteroatoms. The van der Waals surface area contributed by atoms with E-state index in [0.717, 1.165) is 7.11 Å². The number of esters is 2. The summed E-state index contributed by atoms with van der Waals surface area (Å²) >= 11 is 0. The summed E-state index contributed by atoms with van der Waals surface area (Å²) in [5, 5.41) is 22.1. The monoisotopic (exact) mass is 538 g/mol. The Hall–Kier alpha value is -5.57. The zero-order valence-electron chi connectivity index (χ0n) is 21.3. The Bertz CT molecular complexity index is 1660. The Morgan fingerprint density at radius 3 is 1.65 bits per heavy atom. The molecule has 0 radical (unpaired) electrons. The Kier molecular flexibility index (Phi) is 7.86. The van der Waals surface area contributed by atoms with Crippen LogP contribution in [0, 0.1) is 0 Å². The number of phenolic OH excluding ortho intramolecular Hbond substituents is 2. The van der Waals surface area contributed by atoms with Crippen molar-refractivity contribution in [3.05, 3.63) is 124 Å². The van der Waals surface area contributed by atoms with E-state index in [4.69, 9.17) is 9.47 Å². The molecule has 0 aliphatic rings. The van der Waals surface area contributed by atoms with Crippen LogP contribution >= 0.6 is 0 Å². The van der Waals surface area contributed by atoms with Crippen molar-refractivity contribution in [1.82, 2.24) is 0 Å². The molecule has 200 valence electrons. The molecule has 9 nitrogen and oxygen atoms in total. The fraction of sp³-hybridized carbons (Fsp3) is 0.0645. The Morgan fingerprint density at radius 2 is 1.10 bits per heavy atom. The van der Waals surface area contributed by atoms with Gasteiger partial charge < -0.3 is 19.7 Å². The first-order valence-corrected chi connectivity index (χ1v) is 11.9. The molecule has 0 heterocycles. The minimum atomic E-state index is -1.24. The third-order valence-electron chi connectivity index (χ3n) is 6.04. The van der Waals surface area contributed by atoms with Crippen LogP contribution in [0.2, 0.25) is 0 Å². The van der Waals surface area contributed by atoms with Gasteiger partial charge in [-0.15, -0.1) is 0 Å². The van der Waals surface area contributed by atoms with Crippen molar-refractivity contribution in [2.45, 2.75) is 6.92 Å². The smallest absolute Gasteiger partial charge is 0.343 e. The predicted molar refractivity (Wildman–Crippen MR) is 142 cm³/mol. The lowest BCUT2D eigenvalue weighted by atomic mass is 9.87. The van der Waals surface area contributed by atoms with Gasteiger partial charge in [-0.1, -0.05) is 72.8 Å². The molecule has 0 saturated carbocycles. The number of carbonyl (C=O) groups is 5. The highest BCUT2D eigenvalue weighted by atomic mass is 16.5. The van der Waals surface area contributed by atoms with E-state index in [9.17, 15) is 34.2 Å². The van der Waals surface area contributed by atoms with E-state index in [2.05, 4.69) is 0 Å². The first-order valence-electron chi connectivity index (χ1n) is 11.9. The summed E-state index contributed by atoms with van der Waals surface area (Å²) in [6, 6.07) is 20.7. The number of hydrogen-bond acceptors (Lipinski definition) is 9. The summed E-state index contributed by atoms with van der Waals surface area (Å²) in [7, 11) is 0.983. The largest absolute Gasteiger partial charge is 0.504 e. The van der Waals surface area contributed by atoms with Gasteiger partial charge in [-0.05, 0) is 19.1 Å². The molecule has 0 aliphatic heterocycles. The van der Waals surface area contributed by atoms with Crippen molar-refractivity contribution in [3.63, 3.8) is 0 Å². The highest BCUT2D eigenvalue weighted by Crippen LogP contribution is 2.46. The van der Waals surface area contributed by atoms with Crippen LogP contribution in [-0.4, -0.2) is 46.6 Å². The van der Waals surface area contributed by atoms with Gasteiger partial charge in [-0.25, -0.2) is 9.59 Å². The van der Waals surface area contributed by atoms with Gasteiger partial charge in [0.2, 0.25) is 5.75 Å². The van der Waals surface area contributed by atoms with Crippen LogP contribution in [0.5, 0.6) is 17.2 Å². The lowest BCUT2D eigenvalue weighted by Gasteiger charge is -2.20. The van der Waals surface area contributed by atoms with Crippen LogP contribution in [-0.2, 0) is 4.74 Å². The minimum absolute atomic E-state index is 0.0129. The second-order valence-electron chi connectivity index (χ2n) is 8.52. The Balaban J connectivity index is 2.09. The zero-order valence-corrected chi connectivity index (χ0v) is 21.3. The van der Waals surface area contributed by atoms with E-state index in [1.807, 2.05) is 0 Å². The molecule has 4 rings (SSSR count). The number of carbonyl (C=O) groups excluding carboxylic acids is 5. The van der Waals surface area contributed by atoms with Gasteiger partial charge in [0.05, 0.1) is 29.4 Å². The molecule has 0 aliphatic carbocycles. The number of hydrogen-bond donors (Lipinski definition) is 2. The molecule has 0 bridgehead atoms. The summed E-state index contributed by atoms with van der Waals surface area (Å²) in [5.74, 6) is -7.88. The van der Waals surface area contributed by atoms with Gasteiger partial charge in [0.15, 0.2) is 28.8 Å². The van der Waals surface area contributed by atoms with E-state index in [1.54, 1.807) is 24.3 Å². The molecule has 4 aromatic carbocycles. The number of aromatic hydroxyl groups is 2. The van der Waals surface area contributed by atoms with Gasteiger partial charge in [0, 0.05) is 16.7 Å². The van der Waals surface area contributed by atoms with E-state index < -0.39 is 63.2 Å². The minimum Gasteiger partial charge on any atom is -0.504 e. The van der Waals surface area contributed by atoms with Crippen LogP contribution in [0.25, 0.3) is 0 Å². The van der Waals surface area contributed by atoms with Crippen molar-refractivity contribution >= 4 is 29.3 Å². The molecular formula is C31H22O9. The number of benzene rings is 4. The first kappa shape index (κ1) is 27.5. The van der Waals surface area contributed by atoms with Crippen LogP contribution in [0.3, 0.4) is 0 Å². The quantitative estimate of drug-likeness (QED) is 0.140. The van der Waals surface area contributed by atoms with Gasteiger partial charge in [0.1, 0.15) is 0 Å². The maximum atomic E-state index is 14.1. The number of ketones is 3. The second kappa shape index (κ2) is 11.4.